The van der Waals surface area contributed by atoms with Gasteiger partial charge in [0.25, 0.3) is 0 Å². The summed E-state index contributed by atoms with van der Waals surface area (Å²) in [4.78, 5) is 35.0. The summed E-state index contributed by atoms with van der Waals surface area (Å²) in [6.07, 6.45) is 30.7. The second-order valence-electron chi connectivity index (χ2n) is 15.4. The van der Waals surface area contributed by atoms with Gasteiger partial charge in [0.1, 0.15) is 0 Å². The number of hydrogen-bond donors (Lipinski definition) is 0. The van der Waals surface area contributed by atoms with Gasteiger partial charge in [-0.3, -0.25) is 0 Å². The molecule has 0 rings (SSSR count). The molecule has 0 aromatic rings. The number of hydrogen-bond acceptors (Lipinski definition) is 6. The molecule has 6 nitrogen and oxygen atoms in total. The van der Waals surface area contributed by atoms with Crippen molar-refractivity contribution in [3.05, 3.63) is 0 Å². The third-order valence-electron chi connectivity index (χ3n) is 10.9. The standard InChI is InChI=1S/3C14H29O2P.Al/c3*1-4-7-10-13-14(17(15)16,11-8-5-2)12-9-6-3;/h3*4-13H2,1-3H3;/q;;;+3. The maximum Gasteiger partial charge on any atom is 3.00 e. The maximum absolute atomic E-state index is 11.7. The van der Waals surface area contributed by atoms with Crippen LogP contribution in [0.3, 0.4) is 0 Å². The van der Waals surface area contributed by atoms with Gasteiger partial charge >= 0.3 is 41.4 Å². The van der Waals surface area contributed by atoms with Crippen molar-refractivity contribution in [2.24, 2.45) is 0 Å². The van der Waals surface area contributed by atoms with Gasteiger partial charge in [-0.15, -0.1) is 0 Å². The van der Waals surface area contributed by atoms with Crippen LogP contribution in [-0.2, 0) is 13.7 Å². The van der Waals surface area contributed by atoms with E-state index in [1.807, 2.05) is 0 Å². The Morgan fingerprint density at radius 2 is 0.423 bits per heavy atom. The van der Waals surface area contributed by atoms with Gasteiger partial charge in [0.15, 0.2) is 15.5 Å². The van der Waals surface area contributed by atoms with E-state index in [9.17, 15) is 28.4 Å². The van der Waals surface area contributed by atoms with Crippen LogP contribution in [-0.4, -0.2) is 32.8 Å². The second kappa shape index (κ2) is 39.9. The summed E-state index contributed by atoms with van der Waals surface area (Å²) in [5.74, 6) is 0. The van der Waals surface area contributed by atoms with E-state index in [0.717, 1.165) is 193 Å². The minimum atomic E-state index is -2.29. The zero-order chi connectivity index (χ0) is 39.4. The maximum atomic E-state index is 11.7. The quantitative estimate of drug-likeness (QED) is 0.0370. The molecule has 0 saturated carbocycles. The molecule has 0 fully saturated rings. The first-order valence-electron chi connectivity index (χ1n) is 21.8. The molecule has 0 aliphatic carbocycles. The predicted octanol–water partition coefficient (Wildman–Crippen LogP) is 14.0. The molecule has 0 aliphatic rings. The molecular weight excluding hydrogens is 720 g/mol. The summed E-state index contributed by atoms with van der Waals surface area (Å²) in [5, 5.41) is -1.18. The molecule has 10 heteroatoms. The Morgan fingerprint density at radius 1 is 0.288 bits per heavy atom. The fourth-order valence-electron chi connectivity index (χ4n) is 7.09. The normalized spacial score (nSPS) is 12.6. The van der Waals surface area contributed by atoms with Gasteiger partial charge in [-0.25, -0.2) is 0 Å². The van der Waals surface area contributed by atoms with Crippen LogP contribution in [0.15, 0.2) is 0 Å². The first-order valence-corrected chi connectivity index (χ1v) is 25.3. The van der Waals surface area contributed by atoms with Gasteiger partial charge in [0.2, 0.25) is 0 Å². The van der Waals surface area contributed by atoms with Crippen LogP contribution < -0.4 is 14.7 Å². The van der Waals surface area contributed by atoms with E-state index in [4.69, 9.17) is 0 Å². The smallest absolute Gasteiger partial charge is 0.595 e. The van der Waals surface area contributed by atoms with Gasteiger partial charge in [-0.05, 0) is 116 Å². The van der Waals surface area contributed by atoms with Crippen molar-refractivity contribution < 1.29 is 28.4 Å². The molecule has 306 valence electrons. The summed E-state index contributed by atoms with van der Waals surface area (Å²) < 4.78 is 35.0. The van der Waals surface area contributed by atoms with Crippen molar-refractivity contribution in [1.29, 1.82) is 0 Å². The zero-order valence-electron chi connectivity index (χ0n) is 36.1. The first-order chi connectivity index (χ1) is 24.4. The van der Waals surface area contributed by atoms with Crippen LogP contribution in [0.2, 0.25) is 0 Å². The van der Waals surface area contributed by atoms with Crippen molar-refractivity contribution in [3.63, 3.8) is 0 Å². The average Bonchev–Trinajstić information content (AvgIpc) is 3.11. The Hall–Kier alpha value is 0.712. The fraction of sp³-hybridized carbons (Fsp3) is 1.00. The SMILES string of the molecule is CCCCCC(CCCC)(CCCC)[P+](=O)[O-].CCCCCC(CCCC)(CCCC)[P+](=O)[O-].CCCCCC(CCCC)(CCCC)[P+](=O)[O-].[Al+3]. The zero-order valence-corrected chi connectivity index (χ0v) is 39.9. The predicted molar refractivity (Wildman–Crippen MR) is 226 cm³/mol. The summed E-state index contributed by atoms with van der Waals surface area (Å²) >= 11 is 0. The van der Waals surface area contributed by atoms with E-state index >= 15 is 0 Å². The molecular formula is C42H87AlO6P3+3. The van der Waals surface area contributed by atoms with Crippen LogP contribution in [0.4, 0.5) is 0 Å². The summed E-state index contributed by atoms with van der Waals surface area (Å²) in [6, 6.07) is 0. The third-order valence-corrected chi connectivity index (χ3v) is 15.2. The molecule has 0 bridgehead atoms. The molecule has 0 amide bonds. The molecule has 52 heavy (non-hydrogen) atoms. The van der Waals surface area contributed by atoms with Crippen LogP contribution in [0.5, 0.6) is 0 Å². The van der Waals surface area contributed by atoms with Crippen molar-refractivity contribution in [2.45, 2.75) is 270 Å². The fourth-order valence-corrected chi connectivity index (χ4v) is 10.2. The monoisotopic (exact) mass is 808 g/mol. The minimum Gasteiger partial charge on any atom is -0.595 e. The Kier molecular flexibility index (Phi) is 45.6. The molecule has 3 unspecified atom stereocenters. The van der Waals surface area contributed by atoms with Crippen LogP contribution in [0.25, 0.3) is 0 Å². The van der Waals surface area contributed by atoms with Gasteiger partial charge < -0.3 is 14.7 Å². The van der Waals surface area contributed by atoms with E-state index in [0.29, 0.717) is 0 Å². The average molecular weight is 808 g/mol. The topological polar surface area (TPSA) is 120 Å². The van der Waals surface area contributed by atoms with Gasteiger partial charge in [0.05, 0.1) is 0 Å². The van der Waals surface area contributed by atoms with E-state index in [2.05, 4.69) is 62.3 Å². The molecule has 0 heterocycles. The van der Waals surface area contributed by atoms with E-state index in [1.54, 1.807) is 0 Å². The Morgan fingerprint density at radius 3 is 0.538 bits per heavy atom. The molecule has 3 atom stereocenters. The molecule has 0 spiro atoms. The minimum absolute atomic E-state index is 0. The molecule has 0 radical (unpaired) electrons. The summed E-state index contributed by atoms with van der Waals surface area (Å²) in [7, 11) is -6.86. The molecule has 0 N–H and O–H groups in total. The number of unbranched alkanes of at least 4 members (excludes halogenated alkanes) is 12. The van der Waals surface area contributed by atoms with Crippen molar-refractivity contribution in [1.82, 2.24) is 0 Å². The summed E-state index contributed by atoms with van der Waals surface area (Å²) in [6.45, 7) is 19.3. The molecule has 0 aliphatic heterocycles. The molecule has 0 saturated heterocycles. The summed E-state index contributed by atoms with van der Waals surface area (Å²) in [5.41, 5.74) is 0. The van der Waals surface area contributed by atoms with Crippen molar-refractivity contribution in [3.8, 4) is 0 Å². The largest absolute Gasteiger partial charge is 3.00 e. The third kappa shape index (κ3) is 28.2. The molecule has 0 aromatic heterocycles. The Labute approximate surface area is 338 Å². The molecule has 0 aromatic carbocycles. The van der Waals surface area contributed by atoms with Crippen LogP contribution >= 0.6 is 24.1 Å². The van der Waals surface area contributed by atoms with Gasteiger partial charge in [0, 0.05) is 0 Å². The van der Waals surface area contributed by atoms with Crippen molar-refractivity contribution in [2.75, 3.05) is 0 Å². The van der Waals surface area contributed by atoms with Gasteiger partial charge in [-0.2, -0.15) is 0 Å². The van der Waals surface area contributed by atoms with E-state index < -0.39 is 39.6 Å². The van der Waals surface area contributed by atoms with Crippen LogP contribution in [0.1, 0.15) is 255 Å². The second-order valence-corrected chi connectivity index (χ2v) is 19.8. The van der Waals surface area contributed by atoms with E-state index in [1.165, 1.54) is 0 Å². The Balaban J connectivity index is -0.000000329. The number of rotatable bonds is 33. The van der Waals surface area contributed by atoms with Crippen LogP contribution in [0, 0.1) is 0 Å². The van der Waals surface area contributed by atoms with Gasteiger partial charge in [-0.1, -0.05) is 153 Å². The van der Waals surface area contributed by atoms with E-state index in [-0.39, 0.29) is 17.4 Å². The first kappa shape index (κ1) is 59.4. The Bertz CT molecular complexity index is 701. The van der Waals surface area contributed by atoms with Crippen molar-refractivity contribution >= 4 is 41.4 Å².